The molecule has 2 aliphatic rings. The Morgan fingerprint density at radius 3 is 2.62 bits per heavy atom. The number of morpholine rings is 1. The molecule has 1 N–H and O–H groups in total. The molecule has 1 aliphatic heterocycles. The minimum atomic E-state index is -0.573. The SMILES string of the molecule is C[C@@H](OC(=O)Nc1c(C#Cc2cc3sc(C4(C(=O)OCCN5CCOCC5)CC4)cc3s2)cnn1C)c1ccccc1. The summed E-state index contributed by atoms with van der Waals surface area (Å²) < 4.78 is 20.4. The van der Waals surface area contributed by atoms with E-state index in [1.165, 1.54) is 0 Å². The minimum absolute atomic E-state index is 0.113. The Bertz CT molecular complexity index is 1610. The van der Waals surface area contributed by atoms with Gasteiger partial charge in [0, 0.05) is 41.0 Å². The maximum Gasteiger partial charge on any atom is 0.413 e. The van der Waals surface area contributed by atoms with Crippen LogP contribution in [-0.2, 0) is 31.5 Å². The molecule has 218 valence electrons. The standard InChI is InChI=1S/C31H32N4O5S2/c1-21(22-6-4-3-5-7-22)40-30(37)33-28-23(20-32-34(28)2)8-9-24-18-25-26(41-24)19-27(42-25)31(10-11-31)29(36)39-17-14-35-12-15-38-16-13-35/h3-7,18-21H,10-17H2,1-2H3,(H,33,37)/t21-/m1/s1. The molecule has 1 saturated carbocycles. The second-order valence-electron chi connectivity index (χ2n) is 10.5. The summed E-state index contributed by atoms with van der Waals surface area (Å²) >= 11 is 3.23. The molecule has 6 rings (SSSR count). The van der Waals surface area contributed by atoms with Gasteiger partial charge < -0.3 is 14.2 Å². The van der Waals surface area contributed by atoms with Gasteiger partial charge in [-0.1, -0.05) is 42.2 Å². The maximum atomic E-state index is 13.0. The number of anilines is 1. The van der Waals surface area contributed by atoms with Crippen LogP contribution >= 0.6 is 22.7 Å². The van der Waals surface area contributed by atoms with Gasteiger partial charge >= 0.3 is 12.1 Å². The Hall–Kier alpha value is -3.69. The summed E-state index contributed by atoms with van der Waals surface area (Å²) in [5.74, 6) is 6.71. The fraction of sp³-hybridized carbons (Fsp3) is 0.387. The van der Waals surface area contributed by atoms with Crippen molar-refractivity contribution in [2.24, 2.45) is 7.05 Å². The van der Waals surface area contributed by atoms with Gasteiger partial charge in [-0.05, 0) is 37.5 Å². The number of thiophene rings is 2. The van der Waals surface area contributed by atoms with Gasteiger partial charge in [0.2, 0.25) is 0 Å². The van der Waals surface area contributed by atoms with E-state index in [4.69, 9.17) is 14.2 Å². The first-order chi connectivity index (χ1) is 20.4. The molecule has 0 unspecified atom stereocenters. The van der Waals surface area contributed by atoms with Crippen LogP contribution in [0.5, 0.6) is 0 Å². The van der Waals surface area contributed by atoms with Crippen molar-refractivity contribution in [3.05, 3.63) is 69.5 Å². The van der Waals surface area contributed by atoms with Crippen molar-refractivity contribution in [1.82, 2.24) is 14.7 Å². The number of ether oxygens (including phenoxy) is 3. The molecule has 0 spiro atoms. The molecular weight excluding hydrogens is 572 g/mol. The highest BCUT2D eigenvalue weighted by molar-refractivity contribution is 7.28. The average Bonchev–Trinajstić information content (AvgIpc) is 3.42. The number of aromatic nitrogens is 2. The van der Waals surface area contributed by atoms with Gasteiger partial charge in [-0.15, -0.1) is 22.7 Å². The molecule has 9 nitrogen and oxygen atoms in total. The summed E-state index contributed by atoms with van der Waals surface area (Å²) in [6.45, 7) is 6.22. The smallest absolute Gasteiger partial charge is 0.413 e. The molecule has 4 heterocycles. The van der Waals surface area contributed by atoms with Crippen LogP contribution in [0.1, 0.15) is 46.8 Å². The number of benzene rings is 1. The van der Waals surface area contributed by atoms with Gasteiger partial charge in [0.1, 0.15) is 23.9 Å². The molecule has 4 aromatic rings. The Kier molecular flexibility index (Phi) is 8.31. The zero-order valence-corrected chi connectivity index (χ0v) is 25.2. The zero-order chi connectivity index (χ0) is 29.1. The largest absolute Gasteiger partial charge is 0.464 e. The highest BCUT2D eigenvalue weighted by Gasteiger charge is 2.54. The van der Waals surface area contributed by atoms with E-state index in [9.17, 15) is 9.59 Å². The summed E-state index contributed by atoms with van der Waals surface area (Å²) in [5, 5.41) is 7.04. The molecule has 1 aliphatic carbocycles. The molecular formula is C31H32N4O5S2. The number of hydrogen-bond donors (Lipinski definition) is 1. The van der Waals surface area contributed by atoms with Crippen LogP contribution in [0.25, 0.3) is 9.40 Å². The number of carbonyl (C=O) groups excluding carboxylic acids is 2. The van der Waals surface area contributed by atoms with Gasteiger partial charge in [0.05, 0.1) is 29.9 Å². The summed E-state index contributed by atoms with van der Waals surface area (Å²) in [6.07, 6.45) is 2.31. The Morgan fingerprint density at radius 2 is 1.88 bits per heavy atom. The second kappa shape index (κ2) is 12.3. The van der Waals surface area contributed by atoms with E-state index in [1.807, 2.05) is 37.3 Å². The van der Waals surface area contributed by atoms with E-state index < -0.39 is 17.6 Å². The lowest BCUT2D eigenvalue weighted by Crippen LogP contribution is -2.39. The number of fused-ring (bicyclic) bond motifs is 1. The molecule has 0 radical (unpaired) electrons. The highest BCUT2D eigenvalue weighted by atomic mass is 32.1. The summed E-state index contributed by atoms with van der Waals surface area (Å²) in [7, 11) is 1.74. The predicted molar refractivity (Wildman–Crippen MR) is 163 cm³/mol. The van der Waals surface area contributed by atoms with Crippen molar-refractivity contribution in [3.63, 3.8) is 0 Å². The van der Waals surface area contributed by atoms with Crippen molar-refractivity contribution in [3.8, 4) is 11.8 Å². The van der Waals surface area contributed by atoms with E-state index >= 15 is 0 Å². The molecule has 11 heteroatoms. The summed E-state index contributed by atoms with van der Waals surface area (Å²) in [4.78, 5) is 29.8. The van der Waals surface area contributed by atoms with Gasteiger partial charge in [-0.25, -0.2) is 4.79 Å². The van der Waals surface area contributed by atoms with E-state index in [2.05, 4.69) is 39.3 Å². The average molecular weight is 605 g/mol. The number of aryl methyl sites for hydroxylation is 1. The number of carbonyl (C=O) groups is 2. The summed E-state index contributed by atoms with van der Waals surface area (Å²) in [6, 6.07) is 13.7. The van der Waals surface area contributed by atoms with Gasteiger partial charge in [-0.3, -0.25) is 19.7 Å². The predicted octanol–water partition coefficient (Wildman–Crippen LogP) is 5.31. The van der Waals surface area contributed by atoms with Crippen LogP contribution < -0.4 is 5.32 Å². The van der Waals surface area contributed by atoms with Gasteiger partial charge in [0.15, 0.2) is 0 Å². The molecule has 0 bridgehead atoms. The van der Waals surface area contributed by atoms with E-state index in [0.717, 1.165) is 70.4 Å². The van der Waals surface area contributed by atoms with Crippen LogP contribution in [0.3, 0.4) is 0 Å². The van der Waals surface area contributed by atoms with Crippen molar-refractivity contribution in [2.75, 3.05) is 44.8 Å². The van der Waals surface area contributed by atoms with E-state index in [1.54, 1.807) is 40.6 Å². The van der Waals surface area contributed by atoms with Gasteiger partial charge in [-0.2, -0.15) is 5.10 Å². The normalized spacial score (nSPS) is 16.8. The van der Waals surface area contributed by atoms with Gasteiger partial charge in [0.25, 0.3) is 0 Å². The number of rotatable bonds is 8. The fourth-order valence-electron chi connectivity index (χ4n) is 4.92. The molecule has 1 amide bonds. The number of amides is 1. The Labute approximate surface area is 252 Å². The number of esters is 1. The number of hydrogen-bond acceptors (Lipinski definition) is 9. The maximum absolute atomic E-state index is 13.0. The molecule has 3 aromatic heterocycles. The third-order valence-corrected chi connectivity index (χ3v) is 10.0. The fourth-order valence-corrected chi connectivity index (χ4v) is 7.41. The Balaban J connectivity index is 1.08. The minimum Gasteiger partial charge on any atom is -0.464 e. The lowest BCUT2D eigenvalue weighted by atomic mass is 10.1. The lowest BCUT2D eigenvalue weighted by Gasteiger charge is -2.26. The highest BCUT2D eigenvalue weighted by Crippen LogP contribution is 2.53. The third-order valence-electron chi connectivity index (χ3n) is 7.60. The number of nitrogens with one attached hydrogen (secondary N) is 1. The van der Waals surface area contributed by atoms with Crippen molar-refractivity contribution < 1.29 is 23.8 Å². The van der Waals surface area contributed by atoms with Crippen molar-refractivity contribution in [1.29, 1.82) is 0 Å². The molecule has 1 atom stereocenters. The van der Waals surface area contributed by atoms with Crippen LogP contribution in [-0.4, -0.2) is 66.2 Å². The zero-order valence-electron chi connectivity index (χ0n) is 23.6. The molecule has 1 aromatic carbocycles. The number of nitrogens with zero attached hydrogens (tertiary/aromatic N) is 3. The van der Waals surface area contributed by atoms with Crippen molar-refractivity contribution in [2.45, 2.75) is 31.3 Å². The topological polar surface area (TPSA) is 94.9 Å². The van der Waals surface area contributed by atoms with Crippen LogP contribution in [0, 0.1) is 11.8 Å². The van der Waals surface area contributed by atoms with Crippen LogP contribution in [0.15, 0.2) is 48.7 Å². The van der Waals surface area contributed by atoms with E-state index in [0.29, 0.717) is 18.0 Å². The first-order valence-electron chi connectivity index (χ1n) is 14.0. The Morgan fingerprint density at radius 1 is 1.12 bits per heavy atom. The molecule has 2 fully saturated rings. The third kappa shape index (κ3) is 6.22. The van der Waals surface area contributed by atoms with Crippen LogP contribution in [0.4, 0.5) is 10.6 Å². The second-order valence-corrected chi connectivity index (χ2v) is 12.7. The van der Waals surface area contributed by atoms with E-state index in [-0.39, 0.29) is 5.97 Å². The first-order valence-corrected chi connectivity index (χ1v) is 15.6. The quantitative estimate of drug-likeness (QED) is 0.215. The molecule has 1 saturated heterocycles. The summed E-state index contributed by atoms with van der Waals surface area (Å²) in [5.41, 5.74) is 1.01. The lowest BCUT2D eigenvalue weighted by molar-refractivity contribution is -0.147. The van der Waals surface area contributed by atoms with Crippen molar-refractivity contribution >= 4 is 50.0 Å². The first kappa shape index (κ1) is 28.4. The van der Waals surface area contributed by atoms with Crippen LogP contribution in [0.2, 0.25) is 0 Å². The molecule has 42 heavy (non-hydrogen) atoms. The monoisotopic (exact) mass is 604 g/mol.